The highest BCUT2D eigenvalue weighted by molar-refractivity contribution is 6.10. The molecule has 0 amide bonds. The van der Waals surface area contributed by atoms with Crippen molar-refractivity contribution in [3.8, 4) is 11.3 Å². The fraction of sp³-hybridized carbons (Fsp3) is 0.100. The van der Waals surface area contributed by atoms with Crippen molar-refractivity contribution in [2.75, 3.05) is 0 Å². The van der Waals surface area contributed by atoms with E-state index in [1.54, 1.807) is 0 Å². The van der Waals surface area contributed by atoms with Gasteiger partial charge in [0.25, 0.3) is 0 Å². The maximum atomic E-state index is 7.17. The Labute approximate surface area is 134 Å². The first kappa shape index (κ1) is 13.5. The molecule has 0 saturated carbocycles. The highest BCUT2D eigenvalue weighted by Crippen LogP contribution is 2.37. The van der Waals surface area contributed by atoms with Gasteiger partial charge >= 0.3 is 0 Å². The van der Waals surface area contributed by atoms with Gasteiger partial charge in [0.15, 0.2) is 11.9 Å². The Morgan fingerprint density at radius 2 is 1.87 bits per heavy atom. The molecule has 0 radical (unpaired) electrons. The second-order valence-electron chi connectivity index (χ2n) is 5.73. The number of fused-ring (bicyclic) bond motifs is 3. The van der Waals surface area contributed by atoms with E-state index in [1.807, 2.05) is 43.6 Å². The van der Waals surface area contributed by atoms with E-state index in [2.05, 4.69) is 34.5 Å². The van der Waals surface area contributed by atoms with Crippen LogP contribution in [0.25, 0.3) is 38.0 Å². The lowest BCUT2D eigenvalue weighted by molar-refractivity contribution is -0.660. The summed E-state index contributed by atoms with van der Waals surface area (Å²) in [5.41, 5.74) is 5.62. The molecule has 3 nitrogen and oxygen atoms in total. The predicted octanol–water partition coefficient (Wildman–Crippen LogP) is 4.94. The molecule has 0 aliphatic carbocycles. The van der Waals surface area contributed by atoms with Crippen LogP contribution in [0.15, 0.2) is 59.1 Å². The van der Waals surface area contributed by atoms with Crippen molar-refractivity contribution < 1.29 is 8.98 Å². The van der Waals surface area contributed by atoms with E-state index >= 15 is 0 Å². The van der Waals surface area contributed by atoms with Gasteiger partial charge in [-0.05, 0) is 24.6 Å². The fourth-order valence-electron chi connectivity index (χ4n) is 3.10. The average molecular weight is 299 g/mol. The maximum absolute atomic E-state index is 7.17. The lowest BCUT2D eigenvalue weighted by Gasteiger charge is -2.04. The Hall–Kier alpha value is -3.12. The van der Waals surface area contributed by atoms with Gasteiger partial charge in [-0.15, -0.1) is 0 Å². The molecule has 0 unspecified atom stereocenters. The minimum Gasteiger partial charge on any atom is -0.456 e. The van der Waals surface area contributed by atoms with E-state index < -0.39 is 0 Å². The van der Waals surface area contributed by atoms with Gasteiger partial charge in [-0.3, -0.25) is 0 Å². The molecule has 0 spiro atoms. The van der Waals surface area contributed by atoms with Crippen LogP contribution in [0, 0.1) is 13.5 Å². The van der Waals surface area contributed by atoms with Crippen molar-refractivity contribution in [1.82, 2.24) is 0 Å². The second kappa shape index (κ2) is 4.96. The quantitative estimate of drug-likeness (QED) is 0.360. The molecule has 0 N–H and O–H groups in total. The number of pyridine rings is 1. The van der Waals surface area contributed by atoms with E-state index in [4.69, 9.17) is 11.0 Å². The standard InChI is InChI=1S/C20H15N2O/c1-13-7-9-16-15-10-8-14(21-2)12-18(15)23-20(16)19(13)17-6-4-5-11-22(17)3/h4-12H,1,3H3/q+1. The third-order valence-corrected chi connectivity index (χ3v) is 4.27. The summed E-state index contributed by atoms with van der Waals surface area (Å²) in [6.07, 6.45) is 2.04. The Bertz CT molecular complexity index is 1100. The number of rotatable bonds is 1. The molecule has 2 heterocycles. The molecule has 4 rings (SSSR count). The number of hydrogen-bond donors (Lipinski definition) is 0. The normalized spacial score (nSPS) is 11.0. The average Bonchev–Trinajstić information content (AvgIpc) is 2.93. The molecule has 2 aromatic heterocycles. The van der Waals surface area contributed by atoms with Crippen LogP contribution in [0.1, 0.15) is 5.56 Å². The highest BCUT2D eigenvalue weighted by Gasteiger charge is 2.19. The third kappa shape index (κ3) is 2.00. The van der Waals surface area contributed by atoms with Crippen LogP contribution in [0.2, 0.25) is 0 Å². The Balaban J connectivity index is 2.14. The Morgan fingerprint density at radius 1 is 1.04 bits per heavy atom. The molecule has 4 aromatic rings. The minimum absolute atomic E-state index is 0.597. The van der Waals surface area contributed by atoms with E-state index in [0.717, 1.165) is 33.2 Å². The van der Waals surface area contributed by atoms with Crippen molar-refractivity contribution in [2.45, 2.75) is 6.92 Å². The highest BCUT2D eigenvalue weighted by atomic mass is 16.3. The first-order valence-corrected chi connectivity index (χ1v) is 7.47. The van der Waals surface area contributed by atoms with Crippen LogP contribution >= 0.6 is 0 Å². The van der Waals surface area contributed by atoms with E-state index in [1.165, 1.54) is 5.56 Å². The largest absolute Gasteiger partial charge is 0.456 e. The number of benzene rings is 2. The number of aromatic nitrogens is 1. The number of hydrogen-bond acceptors (Lipinski definition) is 1. The summed E-state index contributed by atoms with van der Waals surface area (Å²) in [5.74, 6) is 0. The van der Waals surface area contributed by atoms with Gasteiger partial charge < -0.3 is 4.42 Å². The van der Waals surface area contributed by atoms with Crippen LogP contribution in [0.4, 0.5) is 5.69 Å². The van der Waals surface area contributed by atoms with Crippen molar-refractivity contribution in [1.29, 1.82) is 0 Å². The van der Waals surface area contributed by atoms with E-state index in [9.17, 15) is 0 Å². The Kier molecular flexibility index (Phi) is 2.92. The van der Waals surface area contributed by atoms with Gasteiger partial charge in [-0.25, -0.2) is 9.41 Å². The first-order valence-electron chi connectivity index (χ1n) is 7.47. The predicted molar refractivity (Wildman–Crippen MR) is 91.3 cm³/mol. The second-order valence-corrected chi connectivity index (χ2v) is 5.73. The van der Waals surface area contributed by atoms with E-state index in [0.29, 0.717) is 5.69 Å². The van der Waals surface area contributed by atoms with Crippen molar-refractivity contribution >= 4 is 27.6 Å². The fourth-order valence-corrected chi connectivity index (χ4v) is 3.10. The van der Waals surface area contributed by atoms with Gasteiger partial charge in [0, 0.05) is 22.9 Å². The molecule has 0 atom stereocenters. The Morgan fingerprint density at radius 3 is 2.65 bits per heavy atom. The first-order chi connectivity index (χ1) is 11.2. The minimum atomic E-state index is 0.597. The third-order valence-electron chi connectivity index (χ3n) is 4.27. The van der Waals surface area contributed by atoms with Crippen LogP contribution in [-0.2, 0) is 7.05 Å². The van der Waals surface area contributed by atoms with Gasteiger partial charge in [-0.2, -0.15) is 0 Å². The summed E-state index contributed by atoms with van der Waals surface area (Å²) in [4.78, 5) is 3.49. The molecule has 0 aliphatic rings. The summed E-state index contributed by atoms with van der Waals surface area (Å²) in [6, 6.07) is 16.0. The molecule has 0 fully saturated rings. The van der Waals surface area contributed by atoms with Gasteiger partial charge in [0.2, 0.25) is 5.69 Å². The van der Waals surface area contributed by atoms with Crippen molar-refractivity contribution in [3.63, 3.8) is 0 Å². The number of furan rings is 1. The number of nitrogens with zero attached hydrogens (tertiary/aromatic N) is 2. The van der Waals surface area contributed by atoms with Crippen molar-refractivity contribution in [2.24, 2.45) is 7.05 Å². The summed E-state index contributed by atoms with van der Waals surface area (Å²) in [5, 5.41) is 2.13. The maximum Gasteiger partial charge on any atom is 0.216 e. The molecule has 0 aliphatic heterocycles. The molecule has 3 heteroatoms. The monoisotopic (exact) mass is 299 g/mol. The number of aryl methyl sites for hydroxylation is 2. The van der Waals surface area contributed by atoms with Crippen molar-refractivity contribution in [3.05, 3.63) is 71.7 Å². The van der Waals surface area contributed by atoms with Gasteiger partial charge in [0.05, 0.1) is 12.1 Å². The van der Waals surface area contributed by atoms with Crippen LogP contribution in [-0.4, -0.2) is 0 Å². The zero-order valence-corrected chi connectivity index (χ0v) is 13.0. The zero-order valence-electron chi connectivity index (χ0n) is 13.0. The van der Waals surface area contributed by atoms with Gasteiger partial charge in [-0.1, -0.05) is 24.3 Å². The SMILES string of the molecule is [C-]#[N+]c1ccc2c(c1)oc1c(-c3cccc[n+]3C)c(C)ccc12. The molecule has 0 bridgehead atoms. The zero-order chi connectivity index (χ0) is 16.0. The van der Waals surface area contributed by atoms with Gasteiger partial charge in [0.1, 0.15) is 18.2 Å². The lowest BCUT2D eigenvalue weighted by Crippen LogP contribution is -2.30. The van der Waals surface area contributed by atoms with E-state index in [-0.39, 0.29) is 0 Å². The summed E-state index contributed by atoms with van der Waals surface area (Å²) in [6.45, 7) is 9.27. The van der Waals surface area contributed by atoms with Crippen LogP contribution in [0.5, 0.6) is 0 Å². The molecular formula is C20H15N2O+. The molecular weight excluding hydrogens is 284 g/mol. The summed E-state index contributed by atoms with van der Waals surface area (Å²) >= 11 is 0. The van der Waals surface area contributed by atoms with Crippen LogP contribution < -0.4 is 4.57 Å². The molecule has 0 saturated heterocycles. The van der Waals surface area contributed by atoms with Crippen LogP contribution in [0.3, 0.4) is 0 Å². The molecule has 2 aromatic carbocycles. The smallest absolute Gasteiger partial charge is 0.216 e. The molecule has 110 valence electrons. The summed E-state index contributed by atoms with van der Waals surface area (Å²) < 4.78 is 8.26. The molecule has 23 heavy (non-hydrogen) atoms. The summed E-state index contributed by atoms with van der Waals surface area (Å²) in [7, 11) is 2.04. The topological polar surface area (TPSA) is 21.4 Å². The lowest BCUT2D eigenvalue weighted by atomic mass is 10.0.